The van der Waals surface area contributed by atoms with Crippen LogP contribution < -0.4 is 5.32 Å². The summed E-state index contributed by atoms with van der Waals surface area (Å²) in [5.41, 5.74) is 2.87. The molecule has 1 N–H and O–H groups in total. The number of fused-ring (bicyclic) bond motifs is 1. The monoisotopic (exact) mass is 370 g/mol. The molecular weight excluding hydrogens is 353 g/mol. The van der Waals surface area contributed by atoms with Crippen molar-refractivity contribution in [2.75, 3.05) is 5.32 Å². The van der Waals surface area contributed by atoms with Crippen LogP contribution in [0.1, 0.15) is 27.2 Å². The predicted octanol–water partition coefficient (Wildman–Crippen LogP) is 5.68. The first kappa shape index (κ1) is 18.6. The Morgan fingerprint density at radius 2 is 1.89 bits per heavy atom. The number of hydrogen-bond acceptors (Lipinski definition) is 2. The summed E-state index contributed by atoms with van der Waals surface area (Å²) in [6.07, 6.45) is -1.47. The Labute approximate surface area is 154 Å². The fraction of sp³-hybridized carbons (Fsp3) is 0.143. The standard InChI is InChI=1S/C21H17F3N2O/c1-13-10-15(8-9-21(22,23)24)6-7-17(13)20(27)26-19-5-3-4-16-12-25-14(2)11-18(16)19/h3-12H,1-2H3,(H,26,27). The lowest BCUT2D eigenvalue weighted by Crippen LogP contribution is -2.13. The summed E-state index contributed by atoms with van der Waals surface area (Å²) in [4.78, 5) is 16.9. The Morgan fingerprint density at radius 1 is 1.11 bits per heavy atom. The van der Waals surface area contributed by atoms with E-state index in [1.54, 1.807) is 25.3 Å². The third-order valence-electron chi connectivity index (χ3n) is 4.11. The van der Waals surface area contributed by atoms with Gasteiger partial charge in [0.1, 0.15) is 0 Å². The summed E-state index contributed by atoms with van der Waals surface area (Å²) in [6, 6.07) is 12.0. The van der Waals surface area contributed by atoms with Crippen LogP contribution in [0.25, 0.3) is 16.8 Å². The summed E-state index contributed by atoms with van der Waals surface area (Å²) in [6.45, 7) is 3.56. The molecule has 1 aromatic heterocycles. The lowest BCUT2D eigenvalue weighted by molar-refractivity contribution is -0.0790. The van der Waals surface area contributed by atoms with Crippen LogP contribution in [-0.2, 0) is 0 Å². The molecule has 0 atom stereocenters. The zero-order chi connectivity index (χ0) is 19.6. The molecule has 1 amide bonds. The highest BCUT2D eigenvalue weighted by Gasteiger charge is 2.21. The number of aromatic nitrogens is 1. The number of anilines is 1. The van der Waals surface area contributed by atoms with Crippen molar-refractivity contribution >= 4 is 28.4 Å². The maximum atomic E-state index is 12.7. The molecule has 0 aliphatic rings. The largest absolute Gasteiger partial charge is 0.409 e. The third-order valence-corrected chi connectivity index (χ3v) is 4.11. The first-order valence-corrected chi connectivity index (χ1v) is 8.26. The molecule has 0 spiro atoms. The molecule has 0 radical (unpaired) electrons. The van der Waals surface area contributed by atoms with Gasteiger partial charge in [0.2, 0.25) is 0 Å². The van der Waals surface area contributed by atoms with Crippen molar-refractivity contribution < 1.29 is 18.0 Å². The summed E-state index contributed by atoms with van der Waals surface area (Å²) >= 11 is 0. The van der Waals surface area contributed by atoms with Crippen molar-refractivity contribution in [1.29, 1.82) is 0 Å². The van der Waals surface area contributed by atoms with Crippen LogP contribution in [0, 0.1) is 13.8 Å². The fourth-order valence-corrected chi connectivity index (χ4v) is 2.81. The normalized spacial score (nSPS) is 11.9. The maximum absolute atomic E-state index is 12.7. The number of carbonyl (C=O) groups is 1. The highest BCUT2D eigenvalue weighted by Crippen LogP contribution is 2.25. The highest BCUT2D eigenvalue weighted by molar-refractivity contribution is 6.09. The van der Waals surface area contributed by atoms with Gasteiger partial charge in [-0.25, -0.2) is 0 Å². The van der Waals surface area contributed by atoms with Gasteiger partial charge in [0, 0.05) is 40.0 Å². The van der Waals surface area contributed by atoms with Gasteiger partial charge in [0.05, 0.1) is 0 Å². The number of rotatable bonds is 3. The van der Waals surface area contributed by atoms with E-state index in [9.17, 15) is 18.0 Å². The zero-order valence-corrected chi connectivity index (χ0v) is 14.8. The number of amides is 1. The highest BCUT2D eigenvalue weighted by atomic mass is 19.4. The number of allylic oxidation sites excluding steroid dienone is 1. The Kier molecular flexibility index (Phi) is 4.99. The number of hydrogen-bond donors (Lipinski definition) is 1. The van der Waals surface area contributed by atoms with Crippen molar-refractivity contribution in [2.24, 2.45) is 0 Å². The van der Waals surface area contributed by atoms with E-state index in [-0.39, 0.29) is 12.0 Å². The second-order valence-electron chi connectivity index (χ2n) is 6.26. The molecule has 3 nitrogen and oxygen atoms in total. The van der Waals surface area contributed by atoms with E-state index in [1.807, 2.05) is 25.1 Å². The number of alkyl halides is 3. The summed E-state index contributed by atoms with van der Waals surface area (Å²) in [7, 11) is 0. The third kappa shape index (κ3) is 4.53. The number of nitrogens with zero attached hydrogens (tertiary/aromatic N) is 1. The van der Waals surface area contributed by atoms with Crippen LogP contribution >= 0.6 is 0 Å². The van der Waals surface area contributed by atoms with Gasteiger partial charge in [-0.1, -0.05) is 30.3 Å². The van der Waals surface area contributed by atoms with Crippen molar-refractivity contribution in [3.05, 3.63) is 77.1 Å². The molecule has 0 unspecified atom stereocenters. The van der Waals surface area contributed by atoms with E-state index in [1.165, 1.54) is 12.1 Å². The Balaban J connectivity index is 1.87. The molecule has 27 heavy (non-hydrogen) atoms. The molecule has 0 saturated heterocycles. The molecule has 6 heteroatoms. The van der Waals surface area contributed by atoms with Crippen molar-refractivity contribution in [3.8, 4) is 0 Å². The minimum absolute atomic E-state index is 0.175. The Morgan fingerprint density at radius 3 is 2.59 bits per heavy atom. The Bertz CT molecular complexity index is 1040. The summed E-state index contributed by atoms with van der Waals surface area (Å²) in [5, 5.41) is 4.66. The molecule has 0 fully saturated rings. The van der Waals surface area contributed by atoms with Crippen molar-refractivity contribution in [3.63, 3.8) is 0 Å². The topological polar surface area (TPSA) is 42.0 Å². The van der Waals surface area contributed by atoms with Crippen LogP contribution in [-0.4, -0.2) is 17.1 Å². The lowest BCUT2D eigenvalue weighted by atomic mass is 10.0. The number of pyridine rings is 1. The number of halogens is 3. The van der Waals surface area contributed by atoms with E-state index in [0.29, 0.717) is 22.4 Å². The van der Waals surface area contributed by atoms with Gasteiger partial charge in [-0.05, 0) is 43.2 Å². The maximum Gasteiger partial charge on any atom is 0.409 e. The summed E-state index contributed by atoms with van der Waals surface area (Å²) in [5.74, 6) is -0.319. The molecular formula is C21H17F3N2O. The van der Waals surface area contributed by atoms with Gasteiger partial charge in [-0.15, -0.1) is 0 Å². The van der Waals surface area contributed by atoms with Gasteiger partial charge in [-0.2, -0.15) is 13.2 Å². The van der Waals surface area contributed by atoms with Crippen LogP contribution in [0.15, 0.2) is 54.7 Å². The molecule has 138 valence electrons. The smallest absolute Gasteiger partial charge is 0.321 e. The predicted molar refractivity (Wildman–Crippen MR) is 101 cm³/mol. The molecule has 3 rings (SSSR count). The average Bonchev–Trinajstić information content (AvgIpc) is 2.60. The zero-order valence-electron chi connectivity index (χ0n) is 14.8. The molecule has 0 bridgehead atoms. The van der Waals surface area contributed by atoms with E-state index >= 15 is 0 Å². The van der Waals surface area contributed by atoms with Crippen LogP contribution in [0.3, 0.4) is 0 Å². The fourth-order valence-electron chi connectivity index (χ4n) is 2.81. The van der Waals surface area contributed by atoms with Gasteiger partial charge in [0.15, 0.2) is 0 Å². The SMILES string of the molecule is Cc1cc2c(NC(=O)c3ccc(C=CC(F)(F)F)cc3C)cccc2cn1. The van der Waals surface area contributed by atoms with Crippen molar-refractivity contribution in [1.82, 2.24) is 4.98 Å². The first-order valence-electron chi connectivity index (χ1n) is 8.26. The molecule has 2 aromatic carbocycles. The second-order valence-corrected chi connectivity index (χ2v) is 6.26. The van der Waals surface area contributed by atoms with Gasteiger partial charge < -0.3 is 5.32 Å². The van der Waals surface area contributed by atoms with Crippen LogP contribution in [0.2, 0.25) is 0 Å². The van der Waals surface area contributed by atoms with Gasteiger partial charge >= 0.3 is 6.18 Å². The Hall–Kier alpha value is -3.15. The number of carbonyl (C=O) groups excluding carboxylic acids is 1. The second kappa shape index (κ2) is 7.23. The summed E-state index contributed by atoms with van der Waals surface area (Å²) < 4.78 is 36.9. The van der Waals surface area contributed by atoms with Crippen LogP contribution in [0.4, 0.5) is 18.9 Å². The number of nitrogens with one attached hydrogen (secondary N) is 1. The number of aryl methyl sites for hydroxylation is 2. The quantitative estimate of drug-likeness (QED) is 0.644. The van der Waals surface area contributed by atoms with Crippen LogP contribution in [0.5, 0.6) is 0 Å². The van der Waals surface area contributed by atoms with Crippen molar-refractivity contribution in [2.45, 2.75) is 20.0 Å². The first-order chi connectivity index (χ1) is 12.7. The van der Waals surface area contributed by atoms with E-state index in [2.05, 4.69) is 10.3 Å². The average molecular weight is 370 g/mol. The molecule has 1 heterocycles. The van der Waals surface area contributed by atoms with Gasteiger partial charge in [0.25, 0.3) is 5.91 Å². The number of benzene rings is 2. The minimum atomic E-state index is -4.37. The molecule has 0 saturated carbocycles. The van der Waals surface area contributed by atoms with E-state index in [0.717, 1.165) is 22.5 Å². The minimum Gasteiger partial charge on any atom is -0.321 e. The molecule has 3 aromatic rings. The van der Waals surface area contributed by atoms with E-state index in [4.69, 9.17) is 0 Å². The van der Waals surface area contributed by atoms with E-state index < -0.39 is 6.18 Å². The lowest BCUT2D eigenvalue weighted by Gasteiger charge is -2.11. The molecule has 0 aliphatic carbocycles. The molecule has 0 aliphatic heterocycles. The van der Waals surface area contributed by atoms with Gasteiger partial charge in [-0.3, -0.25) is 9.78 Å².